The summed E-state index contributed by atoms with van der Waals surface area (Å²) in [5, 5.41) is 3.51. The standard InChI is InChI=1S/C17H28N4O/c1-17(2,3)14-10-15(19-11-18-14)20-13-8-6-12(7-9-13)16(22)21(4)5/h10-13H,6-9H2,1-5H3,(H,18,19,20). The molecule has 1 aliphatic rings. The predicted octanol–water partition coefficient (Wildman–Crippen LogP) is 2.83. The van der Waals surface area contributed by atoms with Crippen molar-refractivity contribution < 1.29 is 4.79 Å². The van der Waals surface area contributed by atoms with Crippen LogP contribution in [0.1, 0.15) is 52.1 Å². The van der Waals surface area contributed by atoms with Gasteiger partial charge in [0.05, 0.1) is 5.69 Å². The summed E-state index contributed by atoms with van der Waals surface area (Å²) in [5.74, 6) is 1.33. The second-order valence-electron chi connectivity index (χ2n) is 7.46. The number of carbonyl (C=O) groups is 1. The van der Waals surface area contributed by atoms with Crippen molar-refractivity contribution in [3.8, 4) is 0 Å². The van der Waals surface area contributed by atoms with Crippen LogP contribution in [0.25, 0.3) is 0 Å². The summed E-state index contributed by atoms with van der Waals surface area (Å²) in [6.07, 6.45) is 5.56. The van der Waals surface area contributed by atoms with Crippen molar-refractivity contribution in [2.45, 2.75) is 57.9 Å². The van der Waals surface area contributed by atoms with E-state index in [1.165, 1.54) is 0 Å². The van der Waals surface area contributed by atoms with Crippen molar-refractivity contribution in [2.24, 2.45) is 5.92 Å². The molecule has 1 aromatic heterocycles. The molecule has 5 heteroatoms. The summed E-state index contributed by atoms with van der Waals surface area (Å²) < 4.78 is 0. The van der Waals surface area contributed by atoms with Crippen LogP contribution >= 0.6 is 0 Å². The fourth-order valence-corrected chi connectivity index (χ4v) is 2.91. The van der Waals surface area contributed by atoms with Gasteiger partial charge in [-0.3, -0.25) is 4.79 Å². The average molecular weight is 304 g/mol. The van der Waals surface area contributed by atoms with Crippen LogP contribution in [0.2, 0.25) is 0 Å². The maximum atomic E-state index is 12.0. The van der Waals surface area contributed by atoms with E-state index in [1.807, 2.05) is 20.2 Å². The van der Waals surface area contributed by atoms with E-state index >= 15 is 0 Å². The van der Waals surface area contributed by atoms with Crippen molar-refractivity contribution in [3.63, 3.8) is 0 Å². The zero-order chi connectivity index (χ0) is 16.3. The van der Waals surface area contributed by atoms with Crippen molar-refractivity contribution >= 4 is 11.7 Å². The van der Waals surface area contributed by atoms with E-state index in [0.717, 1.165) is 37.2 Å². The minimum atomic E-state index is 0.0230. The Morgan fingerprint density at radius 2 is 1.82 bits per heavy atom. The second-order valence-corrected chi connectivity index (χ2v) is 7.46. The molecule has 0 unspecified atom stereocenters. The Kier molecular flexibility index (Phi) is 5.04. The van der Waals surface area contributed by atoms with E-state index in [9.17, 15) is 4.79 Å². The largest absolute Gasteiger partial charge is 0.367 e. The topological polar surface area (TPSA) is 58.1 Å². The van der Waals surface area contributed by atoms with E-state index in [2.05, 4.69) is 36.1 Å². The lowest BCUT2D eigenvalue weighted by atomic mass is 9.85. The third-order valence-corrected chi connectivity index (χ3v) is 4.30. The lowest BCUT2D eigenvalue weighted by Gasteiger charge is -2.30. The first kappa shape index (κ1) is 16.7. The number of hydrogen-bond donors (Lipinski definition) is 1. The molecular formula is C17H28N4O. The number of carbonyl (C=O) groups excluding carboxylic acids is 1. The lowest BCUT2D eigenvalue weighted by molar-refractivity contribution is -0.133. The predicted molar refractivity (Wildman–Crippen MR) is 88.8 cm³/mol. The fourth-order valence-electron chi connectivity index (χ4n) is 2.91. The molecule has 0 aliphatic heterocycles. The first-order chi connectivity index (χ1) is 10.3. The molecule has 0 bridgehead atoms. The van der Waals surface area contributed by atoms with Gasteiger partial charge in [-0.1, -0.05) is 20.8 Å². The molecule has 22 heavy (non-hydrogen) atoms. The van der Waals surface area contributed by atoms with Crippen molar-refractivity contribution in [2.75, 3.05) is 19.4 Å². The molecule has 0 spiro atoms. The summed E-state index contributed by atoms with van der Waals surface area (Å²) in [6.45, 7) is 6.45. The number of aromatic nitrogens is 2. The van der Waals surface area contributed by atoms with Crippen LogP contribution in [0.5, 0.6) is 0 Å². The first-order valence-electron chi connectivity index (χ1n) is 8.07. The Hall–Kier alpha value is -1.65. The van der Waals surface area contributed by atoms with E-state index < -0.39 is 0 Å². The molecule has 1 N–H and O–H groups in total. The maximum absolute atomic E-state index is 12.0. The van der Waals surface area contributed by atoms with Gasteiger partial charge in [0, 0.05) is 37.5 Å². The number of amides is 1. The molecule has 1 aliphatic carbocycles. The lowest BCUT2D eigenvalue weighted by Crippen LogP contribution is -2.35. The van der Waals surface area contributed by atoms with E-state index in [1.54, 1.807) is 11.2 Å². The average Bonchev–Trinajstić information content (AvgIpc) is 2.46. The van der Waals surface area contributed by atoms with E-state index in [4.69, 9.17) is 0 Å². The third kappa shape index (κ3) is 4.18. The zero-order valence-corrected chi connectivity index (χ0v) is 14.4. The molecular weight excluding hydrogens is 276 g/mol. The molecule has 1 aromatic rings. The molecule has 5 nitrogen and oxygen atoms in total. The molecule has 1 fully saturated rings. The second kappa shape index (κ2) is 6.63. The third-order valence-electron chi connectivity index (χ3n) is 4.30. The molecule has 122 valence electrons. The van der Waals surface area contributed by atoms with Gasteiger partial charge in [0.2, 0.25) is 5.91 Å². The molecule has 1 saturated carbocycles. The molecule has 0 radical (unpaired) electrons. The van der Waals surface area contributed by atoms with Gasteiger partial charge in [0.25, 0.3) is 0 Å². The first-order valence-corrected chi connectivity index (χ1v) is 8.07. The monoisotopic (exact) mass is 304 g/mol. The Morgan fingerprint density at radius 3 is 2.36 bits per heavy atom. The van der Waals surface area contributed by atoms with Crippen molar-refractivity contribution in [1.29, 1.82) is 0 Å². The Labute approximate surface area is 133 Å². The summed E-state index contributed by atoms with van der Waals surface area (Å²) in [7, 11) is 3.67. The van der Waals surface area contributed by atoms with Gasteiger partial charge in [0.1, 0.15) is 12.1 Å². The highest BCUT2D eigenvalue weighted by molar-refractivity contribution is 5.78. The molecule has 1 amide bonds. The highest BCUT2D eigenvalue weighted by Crippen LogP contribution is 2.28. The highest BCUT2D eigenvalue weighted by atomic mass is 16.2. The summed E-state index contributed by atoms with van der Waals surface area (Å²) >= 11 is 0. The molecule has 0 aromatic carbocycles. The number of rotatable bonds is 3. The smallest absolute Gasteiger partial charge is 0.225 e. The number of nitrogens with zero attached hydrogens (tertiary/aromatic N) is 3. The van der Waals surface area contributed by atoms with Crippen molar-refractivity contribution in [1.82, 2.24) is 14.9 Å². The fraction of sp³-hybridized carbons (Fsp3) is 0.706. The quantitative estimate of drug-likeness (QED) is 0.933. The Morgan fingerprint density at radius 1 is 1.18 bits per heavy atom. The van der Waals surface area contributed by atoms with Gasteiger partial charge >= 0.3 is 0 Å². The highest BCUT2D eigenvalue weighted by Gasteiger charge is 2.27. The maximum Gasteiger partial charge on any atom is 0.225 e. The van der Waals surface area contributed by atoms with Gasteiger partial charge in [0.15, 0.2) is 0 Å². The van der Waals surface area contributed by atoms with Gasteiger partial charge in [-0.15, -0.1) is 0 Å². The molecule has 1 heterocycles. The van der Waals surface area contributed by atoms with E-state index in [-0.39, 0.29) is 17.2 Å². The number of nitrogens with one attached hydrogen (secondary N) is 1. The Bertz CT molecular complexity index is 514. The minimum absolute atomic E-state index is 0.0230. The SMILES string of the molecule is CN(C)C(=O)C1CCC(Nc2cc(C(C)(C)C)ncn2)CC1. The van der Waals surface area contributed by atoms with Gasteiger partial charge < -0.3 is 10.2 Å². The van der Waals surface area contributed by atoms with Gasteiger partial charge in [-0.25, -0.2) is 9.97 Å². The minimum Gasteiger partial charge on any atom is -0.367 e. The summed E-state index contributed by atoms with van der Waals surface area (Å²) in [4.78, 5) is 22.4. The van der Waals surface area contributed by atoms with Gasteiger partial charge in [-0.05, 0) is 25.7 Å². The van der Waals surface area contributed by atoms with Crippen LogP contribution in [-0.4, -0.2) is 40.9 Å². The summed E-state index contributed by atoms with van der Waals surface area (Å²) in [6, 6.07) is 2.44. The van der Waals surface area contributed by atoms with Crippen LogP contribution in [-0.2, 0) is 10.2 Å². The van der Waals surface area contributed by atoms with Crippen LogP contribution in [0.3, 0.4) is 0 Å². The number of hydrogen-bond acceptors (Lipinski definition) is 4. The molecule has 2 rings (SSSR count). The normalized spacial score (nSPS) is 22.2. The zero-order valence-electron chi connectivity index (χ0n) is 14.4. The van der Waals surface area contributed by atoms with Gasteiger partial charge in [-0.2, -0.15) is 0 Å². The van der Waals surface area contributed by atoms with Crippen molar-refractivity contribution in [3.05, 3.63) is 18.1 Å². The number of anilines is 1. The van der Waals surface area contributed by atoms with Crippen LogP contribution in [0.15, 0.2) is 12.4 Å². The van der Waals surface area contributed by atoms with Crippen LogP contribution in [0.4, 0.5) is 5.82 Å². The Balaban J connectivity index is 1.93. The summed E-state index contributed by atoms with van der Waals surface area (Å²) in [5.41, 5.74) is 1.07. The molecule has 0 atom stereocenters. The van der Waals surface area contributed by atoms with Crippen LogP contribution < -0.4 is 5.32 Å². The van der Waals surface area contributed by atoms with Crippen LogP contribution in [0, 0.1) is 5.92 Å². The molecule has 0 saturated heterocycles. The van der Waals surface area contributed by atoms with E-state index in [0.29, 0.717) is 6.04 Å².